The molecule has 2 heterocycles. The molecule has 6 rings (SSSR count). The SMILES string of the molecule is O=C(OC(=O)c1ccc2cc(-c3ccccc3)ccc2n1)c1ccc2cc(-c3ccccc3)ccc2n1. The standard InChI is InChI=1S/C32H20N2O3/c35-31(29-17-13-25-19-23(11-15-27(25)33-29)21-7-3-1-4-8-21)37-32(36)30-18-14-26-20-24(12-16-28(26)34-30)22-9-5-2-6-10-22/h1-20H. The van der Waals surface area contributed by atoms with Crippen LogP contribution < -0.4 is 0 Å². The Bertz CT molecular complexity index is 1650. The topological polar surface area (TPSA) is 69.2 Å². The van der Waals surface area contributed by atoms with Crippen molar-refractivity contribution in [3.8, 4) is 22.3 Å². The third-order valence-electron chi connectivity index (χ3n) is 6.20. The number of nitrogens with zero attached hydrogens (tertiary/aromatic N) is 2. The lowest BCUT2D eigenvalue weighted by Crippen LogP contribution is -2.15. The number of hydrogen-bond acceptors (Lipinski definition) is 5. The van der Waals surface area contributed by atoms with Crippen LogP contribution in [0.15, 0.2) is 121 Å². The van der Waals surface area contributed by atoms with E-state index >= 15 is 0 Å². The normalized spacial score (nSPS) is 10.9. The highest BCUT2D eigenvalue weighted by Crippen LogP contribution is 2.25. The van der Waals surface area contributed by atoms with E-state index in [0.717, 1.165) is 33.0 Å². The Hall–Kier alpha value is -5.16. The number of carbonyl (C=O) groups excluding carboxylic acids is 2. The van der Waals surface area contributed by atoms with Gasteiger partial charge >= 0.3 is 11.9 Å². The van der Waals surface area contributed by atoms with E-state index in [0.29, 0.717) is 11.0 Å². The molecule has 0 aliphatic rings. The van der Waals surface area contributed by atoms with Gasteiger partial charge in [-0.2, -0.15) is 0 Å². The zero-order valence-corrected chi connectivity index (χ0v) is 19.7. The van der Waals surface area contributed by atoms with Crippen molar-refractivity contribution in [3.63, 3.8) is 0 Å². The van der Waals surface area contributed by atoms with E-state index in [1.807, 2.05) is 97.1 Å². The van der Waals surface area contributed by atoms with E-state index in [-0.39, 0.29) is 11.4 Å². The lowest BCUT2D eigenvalue weighted by molar-refractivity contribution is 0.0390. The van der Waals surface area contributed by atoms with Crippen LogP contribution in [0.3, 0.4) is 0 Å². The molecule has 0 saturated carbocycles. The number of ether oxygens (including phenoxy) is 1. The molecular formula is C32H20N2O3. The van der Waals surface area contributed by atoms with Gasteiger partial charge in [0.25, 0.3) is 0 Å². The van der Waals surface area contributed by atoms with Crippen LogP contribution >= 0.6 is 0 Å². The first-order valence-electron chi connectivity index (χ1n) is 11.8. The Labute approximate surface area is 213 Å². The fourth-order valence-electron chi connectivity index (χ4n) is 4.29. The second kappa shape index (κ2) is 9.47. The molecule has 37 heavy (non-hydrogen) atoms. The van der Waals surface area contributed by atoms with Gasteiger partial charge in [0.15, 0.2) is 0 Å². The molecule has 6 aromatic rings. The Morgan fingerprint density at radius 1 is 0.459 bits per heavy atom. The molecule has 4 aromatic carbocycles. The first kappa shape index (κ1) is 22.3. The third kappa shape index (κ3) is 4.58. The minimum Gasteiger partial charge on any atom is -0.383 e. The van der Waals surface area contributed by atoms with Gasteiger partial charge in [0.2, 0.25) is 0 Å². The van der Waals surface area contributed by atoms with Crippen LogP contribution in [0.1, 0.15) is 21.0 Å². The molecule has 2 aromatic heterocycles. The van der Waals surface area contributed by atoms with Gasteiger partial charge in [-0.05, 0) is 58.7 Å². The molecule has 5 nitrogen and oxygen atoms in total. The van der Waals surface area contributed by atoms with E-state index in [2.05, 4.69) is 9.97 Å². The largest absolute Gasteiger partial charge is 0.383 e. The lowest BCUT2D eigenvalue weighted by Gasteiger charge is -2.07. The molecule has 5 heteroatoms. The highest BCUT2D eigenvalue weighted by atomic mass is 16.6. The van der Waals surface area contributed by atoms with Gasteiger partial charge < -0.3 is 4.74 Å². The van der Waals surface area contributed by atoms with Crippen molar-refractivity contribution in [2.45, 2.75) is 0 Å². The first-order chi connectivity index (χ1) is 18.1. The zero-order valence-electron chi connectivity index (χ0n) is 19.7. The molecule has 0 spiro atoms. The number of rotatable bonds is 4. The highest BCUT2D eigenvalue weighted by Gasteiger charge is 2.18. The van der Waals surface area contributed by atoms with Crippen LogP contribution in [-0.2, 0) is 4.74 Å². The van der Waals surface area contributed by atoms with E-state index in [1.54, 1.807) is 24.3 Å². The summed E-state index contributed by atoms with van der Waals surface area (Å²) in [4.78, 5) is 34.2. The van der Waals surface area contributed by atoms with Gasteiger partial charge in [-0.3, -0.25) is 0 Å². The molecule has 0 aliphatic heterocycles. The van der Waals surface area contributed by atoms with Gasteiger partial charge in [-0.1, -0.05) is 84.9 Å². The van der Waals surface area contributed by atoms with Gasteiger partial charge in [0.05, 0.1) is 11.0 Å². The van der Waals surface area contributed by atoms with E-state index in [1.165, 1.54) is 0 Å². The molecule has 176 valence electrons. The maximum atomic E-state index is 12.7. The molecule has 0 unspecified atom stereocenters. The predicted octanol–water partition coefficient (Wildman–Crippen LogP) is 7.11. The number of benzene rings is 4. The van der Waals surface area contributed by atoms with Crippen LogP contribution in [-0.4, -0.2) is 21.9 Å². The van der Waals surface area contributed by atoms with Gasteiger partial charge in [0, 0.05) is 10.8 Å². The van der Waals surface area contributed by atoms with Crippen molar-refractivity contribution in [1.82, 2.24) is 9.97 Å². The first-order valence-corrected chi connectivity index (χ1v) is 11.8. The van der Waals surface area contributed by atoms with Crippen molar-refractivity contribution in [2.24, 2.45) is 0 Å². The van der Waals surface area contributed by atoms with Crippen molar-refractivity contribution in [1.29, 1.82) is 0 Å². The summed E-state index contributed by atoms with van der Waals surface area (Å²) in [7, 11) is 0. The summed E-state index contributed by atoms with van der Waals surface area (Å²) in [6.45, 7) is 0. The summed E-state index contributed by atoms with van der Waals surface area (Å²) in [5.74, 6) is -1.64. The fraction of sp³-hybridized carbons (Fsp3) is 0. The monoisotopic (exact) mass is 480 g/mol. The van der Waals surface area contributed by atoms with Gasteiger partial charge in [0.1, 0.15) is 11.4 Å². The second-order valence-corrected chi connectivity index (χ2v) is 8.62. The van der Waals surface area contributed by atoms with Gasteiger partial charge in [-0.25, -0.2) is 19.6 Å². The average Bonchev–Trinajstić information content (AvgIpc) is 2.97. The molecule has 0 aliphatic carbocycles. The van der Waals surface area contributed by atoms with Crippen LogP contribution in [0.5, 0.6) is 0 Å². The van der Waals surface area contributed by atoms with Crippen LogP contribution in [0, 0.1) is 0 Å². The smallest absolute Gasteiger partial charge is 0.364 e. The zero-order chi connectivity index (χ0) is 25.2. The molecule has 0 N–H and O–H groups in total. The molecule has 0 atom stereocenters. The maximum Gasteiger partial charge on any atom is 0.364 e. The minimum absolute atomic E-state index is 0.0570. The third-order valence-corrected chi connectivity index (χ3v) is 6.20. The molecular weight excluding hydrogens is 460 g/mol. The molecule has 0 saturated heterocycles. The Kier molecular flexibility index (Phi) is 5.71. The highest BCUT2D eigenvalue weighted by molar-refractivity contribution is 6.02. The number of carbonyl (C=O) groups is 2. The van der Waals surface area contributed by atoms with Crippen molar-refractivity contribution >= 4 is 33.7 Å². The number of fused-ring (bicyclic) bond motifs is 2. The minimum atomic E-state index is -0.819. The quantitative estimate of drug-likeness (QED) is 0.199. The Morgan fingerprint density at radius 2 is 0.892 bits per heavy atom. The van der Waals surface area contributed by atoms with Crippen LogP contribution in [0.25, 0.3) is 44.1 Å². The summed E-state index contributed by atoms with van der Waals surface area (Å²) in [6.07, 6.45) is 0. The van der Waals surface area contributed by atoms with Crippen molar-refractivity contribution in [2.75, 3.05) is 0 Å². The predicted molar refractivity (Wildman–Crippen MR) is 144 cm³/mol. The fourth-order valence-corrected chi connectivity index (χ4v) is 4.29. The van der Waals surface area contributed by atoms with E-state index in [4.69, 9.17) is 4.74 Å². The van der Waals surface area contributed by atoms with E-state index in [9.17, 15) is 9.59 Å². The summed E-state index contributed by atoms with van der Waals surface area (Å²) < 4.78 is 5.10. The number of esters is 2. The summed E-state index contributed by atoms with van der Waals surface area (Å²) in [6, 6.07) is 38.4. The van der Waals surface area contributed by atoms with Crippen molar-refractivity contribution < 1.29 is 14.3 Å². The van der Waals surface area contributed by atoms with Crippen LogP contribution in [0.2, 0.25) is 0 Å². The molecule has 0 fully saturated rings. The summed E-state index contributed by atoms with van der Waals surface area (Å²) >= 11 is 0. The molecule has 0 bridgehead atoms. The Balaban J connectivity index is 1.20. The lowest BCUT2D eigenvalue weighted by atomic mass is 10.0. The second-order valence-electron chi connectivity index (χ2n) is 8.62. The number of aromatic nitrogens is 2. The Morgan fingerprint density at radius 3 is 1.32 bits per heavy atom. The molecule has 0 amide bonds. The summed E-state index contributed by atoms with van der Waals surface area (Å²) in [5, 5.41) is 1.77. The van der Waals surface area contributed by atoms with Crippen molar-refractivity contribution in [3.05, 3.63) is 133 Å². The average molecular weight is 481 g/mol. The van der Waals surface area contributed by atoms with Crippen LogP contribution in [0.4, 0.5) is 0 Å². The number of hydrogen-bond donors (Lipinski definition) is 0. The van der Waals surface area contributed by atoms with E-state index < -0.39 is 11.9 Å². The summed E-state index contributed by atoms with van der Waals surface area (Å²) in [5.41, 5.74) is 5.69. The number of pyridine rings is 2. The maximum absolute atomic E-state index is 12.7. The molecule has 0 radical (unpaired) electrons. The van der Waals surface area contributed by atoms with Gasteiger partial charge in [-0.15, -0.1) is 0 Å².